The molecule has 2 heterocycles. The van der Waals surface area contributed by atoms with Crippen molar-refractivity contribution in [2.24, 2.45) is 0 Å². The smallest absolute Gasteiger partial charge is 0.249 e. The summed E-state index contributed by atoms with van der Waals surface area (Å²) in [7, 11) is 0. The van der Waals surface area contributed by atoms with Crippen molar-refractivity contribution in [2.75, 3.05) is 4.90 Å². The molecule has 4 heteroatoms. The van der Waals surface area contributed by atoms with Gasteiger partial charge in [-0.2, -0.15) is 5.26 Å². The van der Waals surface area contributed by atoms with E-state index in [1.54, 1.807) is 0 Å². The average molecular weight is 1060 g/mol. The number of anilines is 3. The van der Waals surface area contributed by atoms with Gasteiger partial charge in [-0.25, -0.2) is 0 Å². The van der Waals surface area contributed by atoms with Gasteiger partial charge in [-0.05, 0) is 178 Å². The number of rotatable bonds is 8. The summed E-state index contributed by atoms with van der Waals surface area (Å²) in [5, 5.41) is 10.1. The van der Waals surface area contributed by atoms with E-state index in [-0.39, 0.29) is 12.1 Å². The predicted molar refractivity (Wildman–Crippen MR) is 344 cm³/mol. The summed E-state index contributed by atoms with van der Waals surface area (Å²) in [6.45, 7) is 6.68. The van der Waals surface area contributed by atoms with Crippen LogP contribution in [0.15, 0.2) is 289 Å². The molecule has 0 atom stereocenters. The molecule has 0 saturated heterocycles. The third-order valence-corrected chi connectivity index (χ3v) is 18.5. The second-order valence-corrected chi connectivity index (χ2v) is 24.2. The first kappa shape index (κ1) is 49.4. The first-order valence-electron chi connectivity index (χ1n) is 28.4. The molecule has 0 spiro atoms. The molecule has 0 radical (unpaired) electrons. The quantitative estimate of drug-likeness (QED) is 0.142. The molecular weight excluding hydrogens is 1010 g/mol. The van der Waals surface area contributed by atoms with Crippen molar-refractivity contribution in [1.29, 1.82) is 5.26 Å². The summed E-state index contributed by atoms with van der Waals surface area (Å²) in [5.41, 5.74) is 27.7. The third kappa shape index (κ3) is 8.10. The molecular formula is C78H55BN2S. The summed E-state index contributed by atoms with van der Waals surface area (Å²) < 4.78 is 0. The van der Waals surface area contributed by atoms with Gasteiger partial charge in [-0.15, -0.1) is 0 Å². The molecule has 0 amide bonds. The van der Waals surface area contributed by atoms with Crippen LogP contribution in [-0.2, 0) is 10.8 Å². The third-order valence-electron chi connectivity index (χ3n) is 17.4. The van der Waals surface area contributed by atoms with Gasteiger partial charge in [0.1, 0.15) is 0 Å². The maximum atomic E-state index is 10.1. The van der Waals surface area contributed by atoms with Crippen molar-refractivity contribution in [3.8, 4) is 72.8 Å². The van der Waals surface area contributed by atoms with Crippen LogP contribution in [0.25, 0.3) is 66.8 Å². The largest absolute Gasteiger partial charge is 0.311 e. The number of benzene rings is 12. The normalized spacial score (nSPS) is 13.3. The Balaban J connectivity index is 1.01. The zero-order valence-corrected chi connectivity index (χ0v) is 46.8. The number of hydrogen-bond acceptors (Lipinski definition) is 3. The van der Waals surface area contributed by atoms with Crippen LogP contribution in [0.2, 0.25) is 0 Å². The second-order valence-electron chi connectivity index (χ2n) is 23.1. The van der Waals surface area contributed by atoms with Crippen LogP contribution in [-0.4, -0.2) is 6.71 Å². The highest BCUT2D eigenvalue weighted by molar-refractivity contribution is 8.00. The molecule has 1 aliphatic carbocycles. The number of fused-ring (bicyclic) bond motifs is 7. The van der Waals surface area contributed by atoms with Gasteiger partial charge in [0.15, 0.2) is 0 Å². The second kappa shape index (κ2) is 19.6. The molecule has 12 aromatic rings. The van der Waals surface area contributed by atoms with E-state index in [0.29, 0.717) is 5.56 Å². The van der Waals surface area contributed by atoms with Crippen molar-refractivity contribution in [2.45, 2.75) is 41.4 Å². The Bertz CT molecular complexity index is 4410. The van der Waals surface area contributed by atoms with Gasteiger partial charge in [0.05, 0.1) is 17.0 Å². The fraction of sp³-hybridized carbons (Fsp3) is 0.0641. The predicted octanol–water partition coefficient (Wildman–Crippen LogP) is 18.3. The van der Waals surface area contributed by atoms with Crippen LogP contribution in [0.4, 0.5) is 17.1 Å². The summed E-state index contributed by atoms with van der Waals surface area (Å²) in [6.07, 6.45) is 0. The van der Waals surface area contributed by atoms with Crippen LogP contribution < -0.4 is 21.3 Å². The summed E-state index contributed by atoms with van der Waals surface area (Å²) in [5.74, 6) is 0. The maximum Gasteiger partial charge on any atom is 0.249 e. The van der Waals surface area contributed by atoms with Crippen LogP contribution in [0, 0.1) is 11.3 Å². The van der Waals surface area contributed by atoms with Gasteiger partial charge in [0, 0.05) is 26.9 Å². The lowest BCUT2D eigenvalue weighted by Crippen LogP contribution is -2.60. The highest BCUT2D eigenvalue weighted by Gasteiger charge is 2.49. The summed E-state index contributed by atoms with van der Waals surface area (Å²) in [6, 6.07) is 106. The minimum Gasteiger partial charge on any atom is -0.311 e. The molecule has 0 fully saturated rings. The van der Waals surface area contributed by atoms with Crippen molar-refractivity contribution in [3.63, 3.8) is 0 Å². The molecule has 0 unspecified atom stereocenters. The molecule has 0 saturated carbocycles. The maximum absolute atomic E-state index is 10.1. The van der Waals surface area contributed by atoms with Crippen molar-refractivity contribution in [3.05, 3.63) is 312 Å². The fourth-order valence-electron chi connectivity index (χ4n) is 13.4. The van der Waals surface area contributed by atoms with E-state index in [4.69, 9.17) is 0 Å². The van der Waals surface area contributed by atoms with Crippen LogP contribution >= 0.6 is 11.8 Å². The fourth-order valence-corrected chi connectivity index (χ4v) is 14.6. The molecule has 386 valence electrons. The molecule has 2 nitrogen and oxygen atoms in total. The van der Waals surface area contributed by atoms with Gasteiger partial charge >= 0.3 is 0 Å². The number of nitrogens with zero attached hydrogens (tertiary/aromatic N) is 2. The van der Waals surface area contributed by atoms with E-state index in [9.17, 15) is 5.26 Å². The van der Waals surface area contributed by atoms with E-state index in [1.807, 2.05) is 30.0 Å². The van der Waals surface area contributed by atoms with Gasteiger partial charge < -0.3 is 4.90 Å². The monoisotopic (exact) mass is 1060 g/mol. The SMILES string of the molecule is CC(C)(C)c1ccc(-c2ccc(N3c4ccc(-c5cc(-c6ccccc6)cc(-c6ccccc6)c5)cc4B4c5cc(-c6cccc(C#N)c6)ccc5Sc5cc(C6(c7ccccc7)c7ccccc7-c7ccccc76)cc3c54)cc2)cc1. The average Bonchev–Trinajstić information content (AvgIpc) is 1.85. The molecule has 3 aliphatic rings. The van der Waals surface area contributed by atoms with Crippen molar-refractivity contribution < 1.29 is 0 Å². The molecule has 12 aromatic carbocycles. The minimum atomic E-state index is -0.620. The first-order valence-corrected chi connectivity index (χ1v) is 29.2. The zero-order chi connectivity index (χ0) is 55.1. The Morgan fingerprint density at radius 3 is 1.51 bits per heavy atom. The van der Waals surface area contributed by atoms with Crippen molar-refractivity contribution in [1.82, 2.24) is 0 Å². The molecule has 2 aliphatic heterocycles. The zero-order valence-electron chi connectivity index (χ0n) is 45.9. The lowest BCUT2D eigenvalue weighted by atomic mass is 9.34. The Labute approximate surface area is 485 Å². The van der Waals surface area contributed by atoms with Crippen molar-refractivity contribution >= 4 is 51.9 Å². The van der Waals surface area contributed by atoms with Crippen LogP contribution in [0.1, 0.15) is 54.2 Å². The molecule has 0 aromatic heterocycles. The van der Waals surface area contributed by atoms with Gasteiger partial charge in [-0.1, -0.05) is 250 Å². The first-order chi connectivity index (χ1) is 40.2. The van der Waals surface area contributed by atoms with Gasteiger partial charge in [0.2, 0.25) is 6.71 Å². The van der Waals surface area contributed by atoms with E-state index in [1.165, 1.54) is 104 Å². The van der Waals surface area contributed by atoms with E-state index in [2.05, 4.69) is 293 Å². The molecule has 82 heavy (non-hydrogen) atoms. The van der Waals surface area contributed by atoms with E-state index in [0.717, 1.165) is 33.6 Å². The van der Waals surface area contributed by atoms with Crippen LogP contribution in [0.5, 0.6) is 0 Å². The Morgan fingerprint density at radius 2 is 0.890 bits per heavy atom. The highest BCUT2D eigenvalue weighted by Crippen LogP contribution is 2.58. The van der Waals surface area contributed by atoms with Gasteiger partial charge in [0.25, 0.3) is 0 Å². The molecule has 15 rings (SSSR count). The lowest BCUT2D eigenvalue weighted by molar-refractivity contribution is 0.590. The van der Waals surface area contributed by atoms with E-state index < -0.39 is 5.41 Å². The molecule has 0 N–H and O–H groups in total. The molecule has 0 bridgehead atoms. The topological polar surface area (TPSA) is 27.0 Å². The summed E-state index contributed by atoms with van der Waals surface area (Å²) in [4.78, 5) is 5.04. The Hall–Kier alpha value is -9.66. The highest BCUT2D eigenvalue weighted by atomic mass is 32.2. The Morgan fingerprint density at radius 1 is 0.390 bits per heavy atom. The van der Waals surface area contributed by atoms with E-state index >= 15 is 0 Å². The van der Waals surface area contributed by atoms with Crippen LogP contribution in [0.3, 0.4) is 0 Å². The van der Waals surface area contributed by atoms with Gasteiger partial charge in [-0.3, -0.25) is 0 Å². The lowest BCUT2D eigenvalue weighted by Gasteiger charge is -2.42. The number of nitriles is 1. The minimum absolute atomic E-state index is 0.0644. The Kier molecular flexibility index (Phi) is 11.8. The number of hydrogen-bond donors (Lipinski definition) is 0. The summed E-state index contributed by atoms with van der Waals surface area (Å²) >= 11 is 1.89. The standard InChI is InChI=1S/C78H55BN2S/c1-77(2,3)62-36-30-54(31-37-62)55-32-38-65(39-33-55)81-72-40-34-58(61-44-59(52-19-7-4-8-20-52)43-60(45-61)53-21-9-5-10-22-53)46-70(72)79-71-47-57(56-23-17-18-51(42-56)50-80)35-41-74(71)82-75-49-64(48-73(81)76(75)79)78(63-24-11-6-12-25-63)68-28-15-13-26-66(68)67-27-14-16-29-69(67)78/h4-49H,1-3H3.